The predicted octanol–water partition coefficient (Wildman–Crippen LogP) is 17.4. The van der Waals surface area contributed by atoms with E-state index in [0.29, 0.717) is 0 Å². The van der Waals surface area contributed by atoms with Crippen LogP contribution in [0.4, 0.5) is 17.1 Å². The average Bonchev–Trinajstić information content (AvgIpc) is 3.85. The summed E-state index contributed by atoms with van der Waals surface area (Å²) in [4.78, 5) is 2.56. The molecule has 0 bridgehead atoms. The van der Waals surface area contributed by atoms with E-state index in [4.69, 9.17) is 0 Å². The average molecular weight is 812 g/mol. The molecule has 1 nitrogen and oxygen atoms in total. The first-order valence-electron chi connectivity index (χ1n) is 22.1. The van der Waals surface area contributed by atoms with Gasteiger partial charge in [0.25, 0.3) is 0 Å². The Hall–Kier alpha value is -7.00. The number of rotatable bonds is 7. The lowest BCUT2D eigenvalue weighted by Crippen LogP contribution is -2.28. The molecule has 62 heavy (non-hydrogen) atoms. The lowest BCUT2D eigenvalue weighted by Gasteiger charge is -2.36. The molecule has 0 radical (unpaired) electrons. The first-order valence-corrected chi connectivity index (χ1v) is 23.0. The third-order valence-electron chi connectivity index (χ3n) is 13.7. The van der Waals surface area contributed by atoms with Crippen molar-refractivity contribution in [3.05, 3.63) is 223 Å². The summed E-state index contributed by atoms with van der Waals surface area (Å²) >= 11 is 1.88. The van der Waals surface area contributed by atoms with E-state index in [0.717, 1.165) is 11.4 Å². The summed E-state index contributed by atoms with van der Waals surface area (Å²) in [5.74, 6) is 0. The molecule has 0 aliphatic heterocycles. The third kappa shape index (κ3) is 5.97. The van der Waals surface area contributed by atoms with Gasteiger partial charge in [0.15, 0.2) is 0 Å². The molecule has 0 saturated heterocycles. The van der Waals surface area contributed by atoms with Gasteiger partial charge in [0.1, 0.15) is 0 Å². The summed E-state index contributed by atoms with van der Waals surface area (Å²) in [6.45, 7) is 0. The Balaban J connectivity index is 1.06. The molecular formula is C60H45NS. The van der Waals surface area contributed by atoms with Crippen LogP contribution < -0.4 is 4.90 Å². The van der Waals surface area contributed by atoms with Gasteiger partial charge in [-0.25, -0.2) is 0 Å². The molecule has 1 saturated carbocycles. The van der Waals surface area contributed by atoms with Crippen molar-refractivity contribution in [2.24, 2.45) is 0 Å². The maximum Gasteiger partial charge on any atom is 0.0543 e. The Bertz CT molecular complexity index is 3280. The van der Waals surface area contributed by atoms with Crippen LogP contribution in [0.1, 0.15) is 43.2 Å². The van der Waals surface area contributed by atoms with Crippen LogP contribution in [0.15, 0.2) is 212 Å². The Morgan fingerprint density at radius 2 is 0.919 bits per heavy atom. The molecule has 2 aliphatic rings. The van der Waals surface area contributed by atoms with Gasteiger partial charge in [-0.15, -0.1) is 11.3 Å². The molecule has 1 heterocycles. The van der Waals surface area contributed by atoms with E-state index in [9.17, 15) is 0 Å². The summed E-state index contributed by atoms with van der Waals surface area (Å²) in [5, 5.41) is 2.66. The van der Waals surface area contributed by atoms with Crippen LogP contribution in [0.2, 0.25) is 0 Å². The van der Waals surface area contributed by atoms with Crippen molar-refractivity contribution in [1.82, 2.24) is 0 Å². The van der Waals surface area contributed by atoms with Gasteiger partial charge >= 0.3 is 0 Å². The predicted molar refractivity (Wildman–Crippen MR) is 265 cm³/mol. The monoisotopic (exact) mass is 811 g/mol. The van der Waals surface area contributed by atoms with Gasteiger partial charge in [0, 0.05) is 42.4 Å². The zero-order chi connectivity index (χ0) is 41.0. The van der Waals surface area contributed by atoms with E-state index < -0.39 is 0 Å². The molecule has 1 fully saturated rings. The highest BCUT2D eigenvalue weighted by molar-refractivity contribution is 7.25. The van der Waals surface area contributed by atoms with Gasteiger partial charge in [-0.3, -0.25) is 0 Å². The second-order valence-electron chi connectivity index (χ2n) is 17.1. The number of para-hydroxylation sites is 1. The minimum atomic E-state index is 0.0498. The first-order chi connectivity index (χ1) is 30.7. The highest BCUT2D eigenvalue weighted by Crippen LogP contribution is 2.59. The van der Waals surface area contributed by atoms with Gasteiger partial charge < -0.3 is 4.90 Å². The van der Waals surface area contributed by atoms with E-state index in [1.165, 1.54) is 125 Å². The molecule has 0 amide bonds. The third-order valence-corrected chi connectivity index (χ3v) is 14.9. The molecule has 0 N–H and O–H groups in total. The Labute approximate surface area is 368 Å². The highest BCUT2D eigenvalue weighted by Gasteiger charge is 2.45. The van der Waals surface area contributed by atoms with Crippen LogP contribution in [0.5, 0.6) is 0 Å². The molecule has 9 aromatic carbocycles. The maximum atomic E-state index is 2.56. The van der Waals surface area contributed by atoms with E-state index in [2.05, 4.69) is 217 Å². The minimum absolute atomic E-state index is 0.0498. The Kier molecular flexibility index (Phi) is 9.01. The zero-order valence-electron chi connectivity index (χ0n) is 34.6. The van der Waals surface area contributed by atoms with Gasteiger partial charge in [-0.05, 0) is 105 Å². The molecule has 12 rings (SSSR count). The molecule has 0 atom stereocenters. The van der Waals surface area contributed by atoms with Crippen molar-refractivity contribution < 1.29 is 0 Å². The second-order valence-corrected chi connectivity index (χ2v) is 18.1. The summed E-state index contributed by atoms with van der Waals surface area (Å²) in [5.41, 5.74) is 19.1. The van der Waals surface area contributed by atoms with Crippen molar-refractivity contribution in [2.45, 2.75) is 37.5 Å². The van der Waals surface area contributed by atoms with E-state index in [1.54, 1.807) is 0 Å². The normalized spacial score (nSPS) is 13.9. The fourth-order valence-corrected chi connectivity index (χ4v) is 12.1. The van der Waals surface area contributed by atoms with Crippen molar-refractivity contribution in [3.63, 3.8) is 0 Å². The number of nitrogens with zero attached hydrogens (tertiary/aromatic N) is 1. The molecule has 1 spiro atoms. The number of fused-ring (bicyclic) bond motifs is 8. The fraction of sp³-hybridized carbons (Fsp3) is 0.100. The summed E-state index contributed by atoms with van der Waals surface area (Å²) in [7, 11) is 0. The van der Waals surface area contributed by atoms with E-state index >= 15 is 0 Å². The molecule has 10 aromatic rings. The van der Waals surface area contributed by atoms with Gasteiger partial charge in [0.2, 0.25) is 0 Å². The van der Waals surface area contributed by atoms with Crippen LogP contribution in [-0.4, -0.2) is 0 Å². The van der Waals surface area contributed by atoms with Crippen LogP contribution >= 0.6 is 11.3 Å². The maximum absolute atomic E-state index is 2.56. The summed E-state index contributed by atoms with van der Waals surface area (Å²) in [6.07, 6.45) is 6.24. The van der Waals surface area contributed by atoms with Gasteiger partial charge in [-0.1, -0.05) is 195 Å². The topological polar surface area (TPSA) is 3.24 Å². The minimum Gasteiger partial charge on any atom is -0.309 e. The largest absolute Gasteiger partial charge is 0.309 e. The number of thiophene rings is 1. The Morgan fingerprint density at radius 3 is 1.71 bits per heavy atom. The van der Waals surface area contributed by atoms with Crippen LogP contribution in [-0.2, 0) is 5.41 Å². The number of benzene rings is 9. The molecule has 2 aliphatic carbocycles. The zero-order valence-corrected chi connectivity index (χ0v) is 35.4. The summed E-state index contributed by atoms with van der Waals surface area (Å²) in [6, 6.07) is 79.2. The van der Waals surface area contributed by atoms with E-state index in [1.807, 2.05) is 11.3 Å². The lowest BCUT2D eigenvalue weighted by molar-refractivity contribution is 0.353. The first kappa shape index (κ1) is 36.8. The molecule has 296 valence electrons. The van der Waals surface area contributed by atoms with Crippen molar-refractivity contribution in [1.29, 1.82) is 0 Å². The van der Waals surface area contributed by atoms with Crippen LogP contribution in [0, 0.1) is 0 Å². The SMILES string of the molecule is c1ccc(-c2ccccc2-c2ccccc2-c2ccccc2N(c2ccc(-c3ccc4c(c3)sc3ccccc34)cc2)c2cccc3c2-c2ccccc2C32CCCCC2)cc1. The second kappa shape index (κ2) is 15.2. The molecule has 1 aromatic heterocycles. The molecular weight excluding hydrogens is 767 g/mol. The quantitative estimate of drug-likeness (QED) is 0.155. The molecule has 2 heteroatoms. The number of hydrogen-bond acceptors (Lipinski definition) is 2. The van der Waals surface area contributed by atoms with Crippen molar-refractivity contribution >= 4 is 48.6 Å². The van der Waals surface area contributed by atoms with Gasteiger partial charge in [0.05, 0.1) is 11.4 Å². The summed E-state index contributed by atoms with van der Waals surface area (Å²) < 4.78 is 2.66. The van der Waals surface area contributed by atoms with Crippen LogP contribution in [0.3, 0.4) is 0 Å². The van der Waals surface area contributed by atoms with Crippen molar-refractivity contribution in [2.75, 3.05) is 4.90 Å². The molecule has 0 unspecified atom stereocenters. The Morgan fingerprint density at radius 1 is 0.355 bits per heavy atom. The van der Waals surface area contributed by atoms with E-state index in [-0.39, 0.29) is 5.41 Å². The highest BCUT2D eigenvalue weighted by atomic mass is 32.1. The van der Waals surface area contributed by atoms with Gasteiger partial charge in [-0.2, -0.15) is 0 Å². The van der Waals surface area contributed by atoms with Crippen LogP contribution in [0.25, 0.3) is 75.8 Å². The smallest absolute Gasteiger partial charge is 0.0543 e. The number of anilines is 3. The van der Waals surface area contributed by atoms with Crippen molar-refractivity contribution in [3.8, 4) is 55.6 Å². The number of hydrogen-bond donors (Lipinski definition) is 0. The standard InChI is InChI=1S/C60H45NS/c1-3-18-42(19-4-1)45-20-5-6-21-46(45)47-22-7-8-23-48(47)49-24-10-13-29-55(49)61(56-30-17-28-54-59(56)52-26-9-12-27-53(52)60(54)38-15-2-16-39-60)44-35-32-41(33-36-44)43-34-37-51-50-25-11-14-31-57(50)62-58(51)40-43/h1,3-14,17-37,40H,2,15-16,38-39H2. The fourth-order valence-electron chi connectivity index (χ4n) is 10.9. The lowest BCUT2D eigenvalue weighted by atomic mass is 9.68.